The number of phenolic OH excluding ortho intramolecular Hbond substituents is 1. The van der Waals surface area contributed by atoms with Crippen LogP contribution in [0.3, 0.4) is 0 Å². The minimum atomic E-state index is -0.377. The zero-order chi connectivity index (χ0) is 17.1. The number of nitrogens with zero attached hydrogens (tertiary/aromatic N) is 1. The lowest BCUT2D eigenvalue weighted by Gasteiger charge is -2.12. The van der Waals surface area contributed by atoms with Crippen LogP contribution in [0.25, 0.3) is 10.8 Å². The fourth-order valence-electron chi connectivity index (χ4n) is 2.71. The molecule has 1 amide bonds. The van der Waals surface area contributed by atoms with Gasteiger partial charge < -0.3 is 10.4 Å². The second-order valence-corrected chi connectivity index (χ2v) is 5.47. The molecule has 0 bridgehead atoms. The molecule has 0 radical (unpaired) electrons. The number of aromatic hydroxyl groups is 1. The first-order valence-electron chi connectivity index (χ1n) is 7.69. The number of nitrogens with one attached hydrogen (secondary N) is 1. The average molecular weight is 316 g/mol. The van der Waals surface area contributed by atoms with Crippen molar-refractivity contribution in [1.29, 1.82) is 5.26 Å². The molecule has 0 aliphatic carbocycles. The maximum Gasteiger partial charge on any atom is 0.259 e. The van der Waals surface area contributed by atoms with Crippen LogP contribution in [0.4, 0.5) is 5.69 Å². The zero-order valence-electron chi connectivity index (χ0n) is 13.2. The zero-order valence-corrected chi connectivity index (χ0v) is 13.2. The van der Waals surface area contributed by atoms with E-state index in [1.54, 1.807) is 30.3 Å². The van der Waals surface area contributed by atoms with E-state index in [9.17, 15) is 9.90 Å². The Hall–Kier alpha value is -3.32. The van der Waals surface area contributed by atoms with Gasteiger partial charge >= 0.3 is 0 Å². The highest BCUT2D eigenvalue weighted by Gasteiger charge is 2.15. The number of phenols is 1. The molecule has 0 atom stereocenters. The van der Waals surface area contributed by atoms with Crippen LogP contribution in [-0.2, 0) is 6.42 Å². The molecule has 0 aliphatic rings. The molecule has 3 aromatic carbocycles. The van der Waals surface area contributed by atoms with Gasteiger partial charge in [-0.15, -0.1) is 0 Å². The Kier molecular flexibility index (Phi) is 4.17. The van der Waals surface area contributed by atoms with Gasteiger partial charge in [0, 0.05) is 11.1 Å². The van der Waals surface area contributed by atoms with E-state index >= 15 is 0 Å². The van der Waals surface area contributed by atoms with Crippen LogP contribution >= 0.6 is 0 Å². The lowest BCUT2D eigenvalue weighted by Crippen LogP contribution is -2.13. The summed E-state index contributed by atoms with van der Waals surface area (Å²) in [4.78, 5) is 12.6. The summed E-state index contributed by atoms with van der Waals surface area (Å²) in [5.74, 6) is -0.407. The third kappa shape index (κ3) is 2.80. The number of carbonyl (C=O) groups excluding carboxylic acids is 1. The fourth-order valence-corrected chi connectivity index (χ4v) is 2.71. The highest BCUT2D eigenvalue weighted by molar-refractivity contribution is 6.10. The standard InChI is InChI=1S/C20H16N2O2/c1-2-14-11-13(12-21)7-10-18(14)22-20(24)17-9-8-15-5-3-4-6-16(15)19(17)23/h3-11,23H,2H2,1H3,(H,22,24). The van der Waals surface area contributed by atoms with Crippen molar-refractivity contribution in [2.45, 2.75) is 13.3 Å². The van der Waals surface area contributed by atoms with Gasteiger partial charge in [0.05, 0.1) is 17.2 Å². The number of hydrogen-bond donors (Lipinski definition) is 2. The van der Waals surface area contributed by atoms with Gasteiger partial charge in [-0.2, -0.15) is 5.26 Å². The molecular weight excluding hydrogens is 300 g/mol. The van der Waals surface area contributed by atoms with E-state index in [-0.39, 0.29) is 17.2 Å². The SMILES string of the molecule is CCc1cc(C#N)ccc1NC(=O)c1ccc2ccccc2c1O. The van der Waals surface area contributed by atoms with Crippen LogP contribution in [0.1, 0.15) is 28.4 Å². The van der Waals surface area contributed by atoms with Gasteiger partial charge in [0.1, 0.15) is 5.75 Å². The normalized spacial score (nSPS) is 10.3. The predicted octanol–water partition coefficient (Wildman–Crippen LogP) is 4.23. The van der Waals surface area contributed by atoms with Crippen molar-refractivity contribution >= 4 is 22.4 Å². The van der Waals surface area contributed by atoms with Crippen molar-refractivity contribution in [2.24, 2.45) is 0 Å². The van der Waals surface area contributed by atoms with Gasteiger partial charge in [-0.3, -0.25) is 4.79 Å². The summed E-state index contributed by atoms with van der Waals surface area (Å²) in [5, 5.41) is 23.7. The molecule has 0 heterocycles. The molecule has 0 saturated carbocycles. The minimum absolute atomic E-state index is 0.0303. The van der Waals surface area contributed by atoms with E-state index < -0.39 is 0 Å². The van der Waals surface area contributed by atoms with Gasteiger partial charge in [-0.1, -0.05) is 37.3 Å². The largest absolute Gasteiger partial charge is 0.506 e. The number of nitriles is 1. The lowest BCUT2D eigenvalue weighted by molar-refractivity contribution is 0.102. The monoisotopic (exact) mass is 316 g/mol. The first kappa shape index (κ1) is 15.6. The Balaban J connectivity index is 1.96. The van der Waals surface area contributed by atoms with Crippen molar-refractivity contribution in [2.75, 3.05) is 5.32 Å². The molecule has 0 fully saturated rings. The molecule has 118 valence electrons. The molecule has 3 aromatic rings. The minimum Gasteiger partial charge on any atom is -0.506 e. The molecule has 0 spiro atoms. The molecule has 3 rings (SSSR count). The Morgan fingerprint density at radius 3 is 2.71 bits per heavy atom. The third-order valence-electron chi connectivity index (χ3n) is 4.01. The van der Waals surface area contributed by atoms with Crippen LogP contribution in [0.2, 0.25) is 0 Å². The summed E-state index contributed by atoms with van der Waals surface area (Å²) in [6.07, 6.45) is 0.689. The van der Waals surface area contributed by atoms with Crippen LogP contribution in [0, 0.1) is 11.3 Å². The number of amides is 1. The molecule has 0 unspecified atom stereocenters. The quantitative estimate of drug-likeness (QED) is 0.759. The van der Waals surface area contributed by atoms with Crippen LogP contribution in [0.5, 0.6) is 5.75 Å². The Morgan fingerprint density at radius 1 is 1.17 bits per heavy atom. The van der Waals surface area contributed by atoms with Crippen molar-refractivity contribution < 1.29 is 9.90 Å². The van der Waals surface area contributed by atoms with Gasteiger partial charge in [-0.05, 0) is 41.6 Å². The summed E-state index contributed by atoms with van der Waals surface area (Å²) >= 11 is 0. The number of benzene rings is 3. The molecule has 2 N–H and O–H groups in total. The molecule has 0 aliphatic heterocycles. The van der Waals surface area contributed by atoms with Gasteiger partial charge in [0.25, 0.3) is 5.91 Å². The van der Waals surface area contributed by atoms with E-state index in [2.05, 4.69) is 11.4 Å². The number of anilines is 1. The number of aryl methyl sites for hydroxylation is 1. The van der Waals surface area contributed by atoms with Crippen LogP contribution in [0.15, 0.2) is 54.6 Å². The van der Waals surface area contributed by atoms with Gasteiger partial charge in [0.15, 0.2) is 0 Å². The van der Waals surface area contributed by atoms with Crippen LogP contribution < -0.4 is 5.32 Å². The molecule has 24 heavy (non-hydrogen) atoms. The van der Waals surface area contributed by atoms with E-state index in [1.807, 2.05) is 31.2 Å². The number of hydrogen-bond acceptors (Lipinski definition) is 3. The van der Waals surface area contributed by atoms with Crippen molar-refractivity contribution in [3.05, 3.63) is 71.3 Å². The highest BCUT2D eigenvalue weighted by Crippen LogP contribution is 2.29. The summed E-state index contributed by atoms with van der Waals surface area (Å²) in [6, 6.07) is 18.0. The molecule has 4 nitrogen and oxygen atoms in total. The third-order valence-corrected chi connectivity index (χ3v) is 4.01. The van der Waals surface area contributed by atoms with Crippen molar-refractivity contribution in [3.63, 3.8) is 0 Å². The van der Waals surface area contributed by atoms with Gasteiger partial charge in [-0.25, -0.2) is 0 Å². The highest BCUT2D eigenvalue weighted by atomic mass is 16.3. The fraction of sp³-hybridized carbons (Fsp3) is 0.100. The smallest absolute Gasteiger partial charge is 0.259 e. The Morgan fingerprint density at radius 2 is 1.96 bits per heavy atom. The first-order valence-corrected chi connectivity index (χ1v) is 7.69. The van der Waals surface area contributed by atoms with E-state index in [1.165, 1.54) is 0 Å². The summed E-state index contributed by atoms with van der Waals surface area (Å²) in [7, 11) is 0. The first-order chi connectivity index (χ1) is 11.6. The maximum absolute atomic E-state index is 12.6. The summed E-state index contributed by atoms with van der Waals surface area (Å²) < 4.78 is 0. The van der Waals surface area contributed by atoms with Crippen LogP contribution in [-0.4, -0.2) is 11.0 Å². The number of rotatable bonds is 3. The molecule has 4 heteroatoms. The molecular formula is C20H16N2O2. The topological polar surface area (TPSA) is 73.1 Å². The average Bonchev–Trinajstić information content (AvgIpc) is 2.62. The van der Waals surface area contributed by atoms with E-state index in [4.69, 9.17) is 5.26 Å². The van der Waals surface area contributed by atoms with E-state index in [0.717, 1.165) is 10.9 Å². The number of carbonyl (C=O) groups is 1. The lowest BCUT2D eigenvalue weighted by atomic mass is 10.0. The molecule has 0 aromatic heterocycles. The second kappa shape index (κ2) is 6.43. The van der Waals surface area contributed by atoms with Gasteiger partial charge in [0.2, 0.25) is 0 Å². The predicted molar refractivity (Wildman–Crippen MR) is 94.1 cm³/mol. The Labute approximate surface area is 140 Å². The Bertz CT molecular complexity index is 971. The van der Waals surface area contributed by atoms with Crippen molar-refractivity contribution in [3.8, 4) is 11.8 Å². The van der Waals surface area contributed by atoms with Crippen molar-refractivity contribution in [1.82, 2.24) is 0 Å². The summed E-state index contributed by atoms with van der Waals surface area (Å²) in [6.45, 7) is 1.96. The summed E-state index contributed by atoms with van der Waals surface area (Å²) in [5.41, 5.74) is 2.30. The molecule has 0 saturated heterocycles. The van der Waals surface area contributed by atoms with E-state index in [0.29, 0.717) is 23.1 Å². The number of fused-ring (bicyclic) bond motifs is 1. The maximum atomic E-state index is 12.6. The second-order valence-electron chi connectivity index (χ2n) is 5.47.